The molecular formula is C13H19N3O2S. The summed E-state index contributed by atoms with van der Waals surface area (Å²) in [5.74, 6) is 0.135. The van der Waals surface area contributed by atoms with Gasteiger partial charge in [-0.1, -0.05) is 6.07 Å². The Morgan fingerprint density at radius 2 is 2.05 bits per heavy atom. The lowest BCUT2D eigenvalue weighted by Gasteiger charge is -2.15. The summed E-state index contributed by atoms with van der Waals surface area (Å²) < 4.78 is 0. The second-order valence-electron chi connectivity index (χ2n) is 4.53. The van der Waals surface area contributed by atoms with Gasteiger partial charge in [0.15, 0.2) is 0 Å². The summed E-state index contributed by atoms with van der Waals surface area (Å²) in [6.07, 6.45) is 2.58. The molecule has 19 heavy (non-hydrogen) atoms. The highest BCUT2D eigenvalue weighted by molar-refractivity contribution is 7.09. The summed E-state index contributed by atoms with van der Waals surface area (Å²) in [4.78, 5) is 26.2. The fourth-order valence-electron chi connectivity index (χ4n) is 2.05. The molecule has 104 valence electrons. The van der Waals surface area contributed by atoms with Crippen molar-refractivity contribution in [3.8, 4) is 0 Å². The van der Waals surface area contributed by atoms with Gasteiger partial charge in [-0.2, -0.15) is 0 Å². The Balaban J connectivity index is 1.57. The third-order valence-corrected chi connectivity index (χ3v) is 3.96. The smallest absolute Gasteiger partial charge is 0.315 e. The maximum Gasteiger partial charge on any atom is 0.315 e. The van der Waals surface area contributed by atoms with E-state index in [0.717, 1.165) is 30.8 Å². The summed E-state index contributed by atoms with van der Waals surface area (Å²) in [6, 6.07) is 3.71. The van der Waals surface area contributed by atoms with Gasteiger partial charge < -0.3 is 15.5 Å². The minimum absolute atomic E-state index is 0.135. The van der Waals surface area contributed by atoms with Crippen LogP contribution in [0.4, 0.5) is 4.79 Å². The van der Waals surface area contributed by atoms with Gasteiger partial charge in [-0.05, 0) is 24.3 Å². The molecule has 2 N–H and O–H groups in total. The zero-order valence-corrected chi connectivity index (χ0v) is 11.7. The van der Waals surface area contributed by atoms with Crippen LogP contribution in [0.2, 0.25) is 0 Å². The first kappa shape index (κ1) is 13.9. The molecule has 0 bridgehead atoms. The fraction of sp³-hybridized carbons (Fsp3) is 0.538. The van der Waals surface area contributed by atoms with Crippen LogP contribution in [-0.2, 0) is 11.3 Å². The van der Waals surface area contributed by atoms with Crippen molar-refractivity contribution in [2.75, 3.05) is 19.6 Å². The average Bonchev–Trinajstić information content (AvgIpc) is 3.09. The summed E-state index contributed by atoms with van der Waals surface area (Å²) in [6.45, 7) is 2.65. The Morgan fingerprint density at radius 3 is 2.74 bits per heavy atom. The van der Waals surface area contributed by atoms with Crippen molar-refractivity contribution in [1.82, 2.24) is 15.5 Å². The van der Waals surface area contributed by atoms with Crippen LogP contribution in [0, 0.1) is 0 Å². The van der Waals surface area contributed by atoms with Crippen LogP contribution in [0.3, 0.4) is 0 Å². The lowest BCUT2D eigenvalue weighted by molar-refractivity contribution is -0.129. The SMILES string of the molecule is O=C(NCCC(=O)N1CCCC1)NCc1cccs1. The van der Waals surface area contributed by atoms with Crippen LogP contribution >= 0.6 is 11.3 Å². The minimum atomic E-state index is -0.220. The molecule has 3 amide bonds. The number of carbonyl (C=O) groups excluding carboxylic acids is 2. The van der Waals surface area contributed by atoms with Gasteiger partial charge in [0.1, 0.15) is 0 Å². The van der Waals surface area contributed by atoms with Crippen molar-refractivity contribution in [2.45, 2.75) is 25.8 Å². The van der Waals surface area contributed by atoms with Crippen LogP contribution < -0.4 is 10.6 Å². The lowest BCUT2D eigenvalue weighted by Crippen LogP contribution is -2.37. The molecule has 1 aromatic rings. The molecule has 5 nitrogen and oxygen atoms in total. The Hall–Kier alpha value is -1.56. The predicted octanol–water partition coefficient (Wildman–Crippen LogP) is 1.56. The number of urea groups is 1. The number of carbonyl (C=O) groups is 2. The number of nitrogens with one attached hydrogen (secondary N) is 2. The number of nitrogens with zero attached hydrogens (tertiary/aromatic N) is 1. The van der Waals surface area contributed by atoms with Crippen molar-refractivity contribution in [1.29, 1.82) is 0 Å². The zero-order valence-electron chi connectivity index (χ0n) is 10.9. The van der Waals surface area contributed by atoms with Crippen molar-refractivity contribution in [3.05, 3.63) is 22.4 Å². The zero-order chi connectivity index (χ0) is 13.5. The van der Waals surface area contributed by atoms with E-state index >= 15 is 0 Å². The van der Waals surface area contributed by atoms with Gasteiger partial charge in [-0.15, -0.1) is 11.3 Å². The van der Waals surface area contributed by atoms with E-state index in [1.807, 2.05) is 22.4 Å². The molecule has 0 aromatic carbocycles. The third-order valence-electron chi connectivity index (χ3n) is 3.09. The Morgan fingerprint density at radius 1 is 1.26 bits per heavy atom. The van der Waals surface area contributed by atoms with Crippen molar-refractivity contribution >= 4 is 23.3 Å². The van der Waals surface area contributed by atoms with Gasteiger partial charge in [-0.3, -0.25) is 4.79 Å². The Kier molecular flexibility index (Phi) is 5.20. The number of rotatable bonds is 5. The molecule has 1 aliphatic heterocycles. The molecule has 0 spiro atoms. The highest BCUT2D eigenvalue weighted by Gasteiger charge is 2.17. The van der Waals surface area contributed by atoms with E-state index < -0.39 is 0 Å². The van der Waals surface area contributed by atoms with Crippen molar-refractivity contribution < 1.29 is 9.59 Å². The van der Waals surface area contributed by atoms with Crippen LogP contribution in [0.15, 0.2) is 17.5 Å². The molecule has 0 radical (unpaired) electrons. The second kappa shape index (κ2) is 7.13. The molecular weight excluding hydrogens is 262 g/mol. The highest BCUT2D eigenvalue weighted by Crippen LogP contribution is 2.08. The van der Waals surface area contributed by atoms with E-state index in [9.17, 15) is 9.59 Å². The molecule has 6 heteroatoms. The Labute approximate surface area is 117 Å². The number of likely N-dealkylation sites (tertiary alicyclic amines) is 1. The van der Waals surface area contributed by atoms with Crippen molar-refractivity contribution in [3.63, 3.8) is 0 Å². The summed E-state index contributed by atoms with van der Waals surface area (Å²) >= 11 is 1.61. The maximum atomic E-state index is 11.7. The summed E-state index contributed by atoms with van der Waals surface area (Å²) in [7, 11) is 0. The lowest BCUT2D eigenvalue weighted by atomic mass is 10.3. The molecule has 1 fully saturated rings. The van der Waals surface area contributed by atoms with E-state index in [2.05, 4.69) is 10.6 Å². The van der Waals surface area contributed by atoms with E-state index in [1.165, 1.54) is 0 Å². The first-order valence-corrected chi connectivity index (χ1v) is 7.45. The maximum absolute atomic E-state index is 11.7. The number of hydrogen-bond acceptors (Lipinski definition) is 3. The molecule has 0 aliphatic carbocycles. The third kappa shape index (κ3) is 4.55. The highest BCUT2D eigenvalue weighted by atomic mass is 32.1. The monoisotopic (exact) mass is 281 g/mol. The van der Waals surface area contributed by atoms with E-state index in [1.54, 1.807) is 11.3 Å². The van der Waals surface area contributed by atoms with Gasteiger partial charge in [-0.25, -0.2) is 4.79 Å². The van der Waals surface area contributed by atoms with Gasteiger partial charge >= 0.3 is 6.03 Å². The predicted molar refractivity (Wildman–Crippen MR) is 75.0 cm³/mol. The van der Waals surface area contributed by atoms with Gasteiger partial charge in [0, 0.05) is 30.9 Å². The summed E-state index contributed by atoms with van der Waals surface area (Å²) in [5.41, 5.74) is 0. The molecule has 2 rings (SSSR count). The largest absolute Gasteiger partial charge is 0.343 e. The molecule has 1 saturated heterocycles. The standard InChI is InChI=1S/C13H19N3O2S/c17-12(16-7-1-2-8-16)5-6-14-13(18)15-10-11-4-3-9-19-11/h3-4,9H,1-2,5-8,10H2,(H2,14,15,18). The van der Waals surface area contributed by atoms with Crippen LogP contribution in [0.25, 0.3) is 0 Å². The molecule has 0 unspecified atom stereocenters. The molecule has 1 aliphatic rings. The minimum Gasteiger partial charge on any atom is -0.343 e. The average molecular weight is 281 g/mol. The van der Waals surface area contributed by atoms with Crippen LogP contribution in [0.5, 0.6) is 0 Å². The van der Waals surface area contributed by atoms with Gasteiger partial charge in [0.25, 0.3) is 0 Å². The second-order valence-corrected chi connectivity index (χ2v) is 5.56. The molecule has 0 saturated carbocycles. The van der Waals surface area contributed by atoms with Crippen molar-refractivity contribution in [2.24, 2.45) is 0 Å². The van der Waals surface area contributed by atoms with E-state index in [4.69, 9.17) is 0 Å². The van der Waals surface area contributed by atoms with Gasteiger partial charge in [0.05, 0.1) is 6.54 Å². The number of hydrogen-bond donors (Lipinski definition) is 2. The topological polar surface area (TPSA) is 61.4 Å². The van der Waals surface area contributed by atoms with Crippen LogP contribution in [-0.4, -0.2) is 36.5 Å². The molecule has 0 atom stereocenters. The van der Waals surface area contributed by atoms with Crippen LogP contribution in [0.1, 0.15) is 24.1 Å². The number of amides is 3. The first-order valence-electron chi connectivity index (χ1n) is 6.57. The summed E-state index contributed by atoms with van der Waals surface area (Å²) in [5, 5.41) is 7.45. The van der Waals surface area contributed by atoms with E-state index in [0.29, 0.717) is 19.5 Å². The first-order chi connectivity index (χ1) is 9.25. The quantitative estimate of drug-likeness (QED) is 0.860. The molecule has 1 aromatic heterocycles. The van der Waals surface area contributed by atoms with Gasteiger partial charge in [0.2, 0.25) is 5.91 Å². The Bertz CT molecular complexity index is 414. The number of thiophene rings is 1. The molecule has 2 heterocycles. The van der Waals surface area contributed by atoms with E-state index in [-0.39, 0.29) is 11.9 Å². The fourth-order valence-corrected chi connectivity index (χ4v) is 2.70. The normalized spacial score (nSPS) is 14.4.